The van der Waals surface area contributed by atoms with Gasteiger partial charge in [0.15, 0.2) is 0 Å². The van der Waals surface area contributed by atoms with Crippen LogP contribution in [0.25, 0.3) is 0 Å². The molecule has 5 heteroatoms. The van der Waals surface area contributed by atoms with Gasteiger partial charge in [0.2, 0.25) is 0 Å². The van der Waals surface area contributed by atoms with E-state index in [2.05, 4.69) is 49.2 Å². The van der Waals surface area contributed by atoms with Crippen molar-refractivity contribution in [2.75, 3.05) is 32.8 Å². The molecule has 0 spiro atoms. The topological polar surface area (TPSA) is 42.3 Å². The highest BCUT2D eigenvalue weighted by atomic mass is 16.5. The monoisotopic (exact) mass is 280 g/mol. The first-order valence-corrected chi connectivity index (χ1v) is 7.57. The van der Waals surface area contributed by atoms with E-state index in [1.54, 1.807) is 0 Å². The third-order valence-corrected chi connectivity index (χ3v) is 3.69. The number of nitrogens with zero attached hydrogens (tertiary/aromatic N) is 3. The highest BCUT2D eigenvalue weighted by Gasteiger charge is 2.19. The van der Waals surface area contributed by atoms with Crippen LogP contribution < -0.4 is 5.32 Å². The van der Waals surface area contributed by atoms with Crippen LogP contribution in [0.2, 0.25) is 0 Å². The number of nitrogens with one attached hydrogen (secondary N) is 1. The van der Waals surface area contributed by atoms with Gasteiger partial charge < -0.3 is 10.1 Å². The molecule has 1 aliphatic heterocycles. The molecule has 1 saturated heterocycles. The van der Waals surface area contributed by atoms with Crippen LogP contribution in [-0.2, 0) is 16.8 Å². The van der Waals surface area contributed by atoms with Crippen LogP contribution in [0, 0.1) is 0 Å². The molecule has 2 rings (SSSR count). The molecule has 1 aliphatic rings. The molecule has 1 aromatic heterocycles. The molecule has 0 aliphatic carbocycles. The summed E-state index contributed by atoms with van der Waals surface area (Å²) < 4.78 is 7.80. The van der Waals surface area contributed by atoms with Crippen LogP contribution in [0.5, 0.6) is 0 Å². The van der Waals surface area contributed by atoms with Crippen molar-refractivity contribution in [3.63, 3.8) is 0 Å². The quantitative estimate of drug-likeness (QED) is 0.886. The molecule has 0 aromatic carbocycles. The van der Waals surface area contributed by atoms with E-state index in [0.717, 1.165) is 39.3 Å². The summed E-state index contributed by atoms with van der Waals surface area (Å²) in [5.74, 6) is 0. The Bertz CT molecular complexity index is 410. The standard InChI is InChI=1S/C15H28N4O/c1-5-18-6-7-20-14(12-18)10-16-8-13-9-17-19(11-13)15(2,3)4/h9,11,14,16H,5-8,10,12H2,1-4H3. The predicted molar refractivity (Wildman–Crippen MR) is 80.8 cm³/mol. The van der Waals surface area contributed by atoms with Gasteiger partial charge in [0.25, 0.3) is 0 Å². The van der Waals surface area contributed by atoms with E-state index in [4.69, 9.17) is 4.74 Å². The molecule has 1 atom stereocenters. The minimum Gasteiger partial charge on any atom is -0.374 e. The van der Waals surface area contributed by atoms with Crippen molar-refractivity contribution in [1.29, 1.82) is 0 Å². The lowest BCUT2D eigenvalue weighted by molar-refractivity contribution is -0.0253. The Morgan fingerprint density at radius 1 is 1.45 bits per heavy atom. The fourth-order valence-electron chi connectivity index (χ4n) is 2.39. The second kappa shape index (κ2) is 6.70. The van der Waals surface area contributed by atoms with Gasteiger partial charge in [-0.05, 0) is 27.3 Å². The minimum absolute atomic E-state index is 0.0480. The third kappa shape index (κ3) is 4.30. The fourth-order valence-corrected chi connectivity index (χ4v) is 2.39. The number of hydrogen-bond donors (Lipinski definition) is 1. The Balaban J connectivity index is 1.74. The lowest BCUT2D eigenvalue weighted by atomic mass is 10.1. The van der Waals surface area contributed by atoms with Gasteiger partial charge in [0.05, 0.1) is 24.4 Å². The van der Waals surface area contributed by atoms with Crippen LogP contribution >= 0.6 is 0 Å². The van der Waals surface area contributed by atoms with E-state index < -0.39 is 0 Å². The van der Waals surface area contributed by atoms with E-state index in [1.165, 1.54) is 5.56 Å². The zero-order valence-electron chi connectivity index (χ0n) is 13.2. The van der Waals surface area contributed by atoms with Crippen LogP contribution in [0.4, 0.5) is 0 Å². The van der Waals surface area contributed by atoms with Gasteiger partial charge in [0.1, 0.15) is 0 Å². The molecule has 1 fully saturated rings. The van der Waals surface area contributed by atoms with Gasteiger partial charge in [-0.3, -0.25) is 9.58 Å². The highest BCUT2D eigenvalue weighted by molar-refractivity contribution is 5.04. The number of hydrogen-bond acceptors (Lipinski definition) is 4. The average Bonchev–Trinajstić information content (AvgIpc) is 2.88. The van der Waals surface area contributed by atoms with Crippen LogP contribution in [0.3, 0.4) is 0 Å². The second-order valence-electron chi connectivity index (χ2n) is 6.48. The Kier molecular flexibility index (Phi) is 5.18. The summed E-state index contributed by atoms with van der Waals surface area (Å²) >= 11 is 0. The van der Waals surface area contributed by atoms with Gasteiger partial charge >= 0.3 is 0 Å². The molecule has 114 valence electrons. The molecule has 1 unspecified atom stereocenters. The predicted octanol–water partition coefficient (Wildman–Crippen LogP) is 1.45. The van der Waals surface area contributed by atoms with Gasteiger partial charge in [-0.25, -0.2) is 0 Å². The van der Waals surface area contributed by atoms with Crippen molar-refractivity contribution in [1.82, 2.24) is 20.0 Å². The summed E-state index contributed by atoms with van der Waals surface area (Å²) in [5, 5.41) is 7.89. The summed E-state index contributed by atoms with van der Waals surface area (Å²) in [6.07, 6.45) is 4.37. The second-order valence-corrected chi connectivity index (χ2v) is 6.48. The maximum absolute atomic E-state index is 5.78. The van der Waals surface area contributed by atoms with E-state index in [1.807, 2.05) is 10.9 Å². The number of ether oxygens (including phenoxy) is 1. The summed E-state index contributed by atoms with van der Waals surface area (Å²) in [4.78, 5) is 2.44. The molecule has 0 saturated carbocycles. The van der Waals surface area contributed by atoms with Crippen molar-refractivity contribution in [2.45, 2.75) is 45.9 Å². The lowest BCUT2D eigenvalue weighted by Crippen LogP contribution is -2.46. The molecule has 1 N–H and O–H groups in total. The Hall–Kier alpha value is -0.910. The van der Waals surface area contributed by atoms with Crippen molar-refractivity contribution in [3.05, 3.63) is 18.0 Å². The molecule has 1 aromatic rings. The maximum atomic E-state index is 5.78. The van der Waals surface area contributed by atoms with Crippen molar-refractivity contribution in [2.24, 2.45) is 0 Å². The van der Waals surface area contributed by atoms with Crippen LogP contribution in [0.1, 0.15) is 33.3 Å². The lowest BCUT2D eigenvalue weighted by Gasteiger charge is -2.32. The number of likely N-dealkylation sites (N-methyl/N-ethyl adjacent to an activating group) is 1. The zero-order valence-corrected chi connectivity index (χ0v) is 13.2. The first kappa shape index (κ1) is 15.5. The zero-order chi connectivity index (χ0) is 14.6. The number of morpholine rings is 1. The molecular formula is C15H28N4O. The molecule has 2 heterocycles. The smallest absolute Gasteiger partial charge is 0.0826 e. The van der Waals surface area contributed by atoms with Gasteiger partial charge in [0, 0.05) is 37.9 Å². The van der Waals surface area contributed by atoms with Crippen LogP contribution in [0.15, 0.2) is 12.4 Å². The van der Waals surface area contributed by atoms with Crippen molar-refractivity contribution >= 4 is 0 Å². The Morgan fingerprint density at radius 3 is 2.90 bits per heavy atom. The SMILES string of the molecule is CCN1CCOC(CNCc2cnn(C(C)(C)C)c2)C1. The molecule has 0 bridgehead atoms. The summed E-state index contributed by atoms with van der Waals surface area (Å²) in [6, 6.07) is 0. The summed E-state index contributed by atoms with van der Waals surface area (Å²) in [6.45, 7) is 14.5. The maximum Gasteiger partial charge on any atom is 0.0826 e. The molecule has 0 amide bonds. The largest absolute Gasteiger partial charge is 0.374 e. The molecule has 20 heavy (non-hydrogen) atoms. The van der Waals surface area contributed by atoms with E-state index in [9.17, 15) is 0 Å². The van der Waals surface area contributed by atoms with Crippen LogP contribution in [-0.4, -0.2) is 53.6 Å². The van der Waals surface area contributed by atoms with Gasteiger partial charge in [-0.2, -0.15) is 5.10 Å². The van der Waals surface area contributed by atoms with E-state index in [-0.39, 0.29) is 5.54 Å². The fraction of sp³-hybridized carbons (Fsp3) is 0.800. The summed E-state index contributed by atoms with van der Waals surface area (Å²) in [7, 11) is 0. The normalized spacial score (nSPS) is 21.3. The Morgan fingerprint density at radius 2 is 2.25 bits per heavy atom. The van der Waals surface area contributed by atoms with Gasteiger partial charge in [-0.15, -0.1) is 0 Å². The van der Waals surface area contributed by atoms with Gasteiger partial charge in [-0.1, -0.05) is 6.92 Å². The number of aromatic nitrogens is 2. The first-order chi connectivity index (χ1) is 9.49. The number of rotatable bonds is 5. The molecule has 0 radical (unpaired) electrons. The minimum atomic E-state index is 0.0480. The van der Waals surface area contributed by atoms with E-state index in [0.29, 0.717) is 6.10 Å². The van der Waals surface area contributed by atoms with Crippen molar-refractivity contribution in [3.8, 4) is 0 Å². The molecule has 5 nitrogen and oxygen atoms in total. The first-order valence-electron chi connectivity index (χ1n) is 7.57. The van der Waals surface area contributed by atoms with Crippen molar-refractivity contribution < 1.29 is 4.74 Å². The third-order valence-electron chi connectivity index (χ3n) is 3.69. The van der Waals surface area contributed by atoms with E-state index >= 15 is 0 Å². The Labute approximate surface area is 122 Å². The summed E-state index contributed by atoms with van der Waals surface area (Å²) in [5.41, 5.74) is 1.27. The average molecular weight is 280 g/mol. The molecular weight excluding hydrogens is 252 g/mol. The highest BCUT2D eigenvalue weighted by Crippen LogP contribution is 2.13.